The van der Waals surface area contributed by atoms with Crippen molar-refractivity contribution in [3.05, 3.63) is 64.7 Å². The zero-order valence-electron chi connectivity index (χ0n) is 12.4. The topological polar surface area (TPSA) is 120 Å². The van der Waals surface area contributed by atoms with Crippen molar-refractivity contribution >= 4 is 21.7 Å². The number of hydrogen-bond donors (Lipinski definition) is 2. The van der Waals surface area contributed by atoms with Crippen LogP contribution in [-0.4, -0.2) is 26.5 Å². The van der Waals surface area contributed by atoms with E-state index in [4.69, 9.17) is 11.5 Å². The lowest BCUT2D eigenvalue weighted by Gasteiger charge is -2.09. The summed E-state index contributed by atoms with van der Waals surface area (Å²) in [4.78, 5) is 23.0. The zero-order chi connectivity index (χ0) is 17.2. The molecule has 0 aliphatic rings. The fraction of sp³-hybridized carbons (Fsp3) is 0.125. The van der Waals surface area contributed by atoms with Gasteiger partial charge in [-0.15, -0.1) is 0 Å². The Balaban J connectivity index is 2.40. The molecule has 0 atom stereocenters. The highest BCUT2D eigenvalue weighted by atomic mass is 32.2. The van der Waals surface area contributed by atoms with Gasteiger partial charge in [-0.3, -0.25) is 9.59 Å². The van der Waals surface area contributed by atoms with E-state index in [-0.39, 0.29) is 10.5 Å². The lowest BCUT2D eigenvalue weighted by Crippen LogP contribution is -2.17. The van der Waals surface area contributed by atoms with Gasteiger partial charge in [0.1, 0.15) is 0 Å². The summed E-state index contributed by atoms with van der Waals surface area (Å²) in [5, 5.41) is 0. The fourth-order valence-electron chi connectivity index (χ4n) is 2.21. The summed E-state index contributed by atoms with van der Waals surface area (Å²) in [7, 11) is -3.27. The Morgan fingerprint density at radius 3 is 2.04 bits per heavy atom. The van der Waals surface area contributed by atoms with E-state index in [0.29, 0.717) is 17.5 Å². The van der Waals surface area contributed by atoms with Crippen LogP contribution in [-0.2, 0) is 16.3 Å². The number of nitrogens with two attached hydrogens (primary N) is 2. The summed E-state index contributed by atoms with van der Waals surface area (Å²) < 4.78 is 22.9. The summed E-state index contributed by atoms with van der Waals surface area (Å²) in [6.07, 6.45) is 1.45. The molecular formula is C16H16N2O4S. The van der Waals surface area contributed by atoms with Crippen LogP contribution in [0.1, 0.15) is 31.8 Å². The number of benzene rings is 2. The van der Waals surface area contributed by atoms with E-state index < -0.39 is 21.7 Å². The average molecular weight is 332 g/mol. The second kappa shape index (κ2) is 6.21. The molecule has 0 bridgehead atoms. The van der Waals surface area contributed by atoms with Gasteiger partial charge in [-0.25, -0.2) is 8.42 Å². The minimum atomic E-state index is -3.27. The Bertz CT molecular complexity index is 871. The van der Waals surface area contributed by atoms with Crippen LogP contribution in [0.15, 0.2) is 47.4 Å². The minimum absolute atomic E-state index is 0.210. The lowest BCUT2D eigenvalue weighted by molar-refractivity contribution is 0.0987. The molecule has 23 heavy (non-hydrogen) atoms. The van der Waals surface area contributed by atoms with Gasteiger partial charge < -0.3 is 11.5 Å². The molecule has 2 aromatic carbocycles. The van der Waals surface area contributed by atoms with Crippen LogP contribution in [0, 0.1) is 0 Å². The molecule has 2 amide bonds. The van der Waals surface area contributed by atoms with Crippen molar-refractivity contribution in [2.45, 2.75) is 11.3 Å². The molecule has 0 fully saturated rings. The Hall–Kier alpha value is -2.67. The molecule has 6 nitrogen and oxygen atoms in total. The molecule has 0 radical (unpaired) electrons. The molecule has 7 heteroatoms. The van der Waals surface area contributed by atoms with Gasteiger partial charge in [0, 0.05) is 17.4 Å². The van der Waals surface area contributed by atoms with Gasteiger partial charge in [0.2, 0.25) is 11.8 Å². The van der Waals surface area contributed by atoms with Crippen molar-refractivity contribution in [1.29, 1.82) is 0 Å². The highest BCUT2D eigenvalue weighted by Gasteiger charge is 2.13. The Kier molecular flexibility index (Phi) is 4.51. The first-order valence-corrected chi connectivity index (χ1v) is 8.59. The number of rotatable bonds is 5. The summed E-state index contributed by atoms with van der Waals surface area (Å²) in [5.74, 6) is -1.21. The van der Waals surface area contributed by atoms with Crippen molar-refractivity contribution < 1.29 is 18.0 Å². The Morgan fingerprint density at radius 2 is 1.57 bits per heavy atom. The minimum Gasteiger partial charge on any atom is -0.366 e. The van der Waals surface area contributed by atoms with Crippen LogP contribution in [0.3, 0.4) is 0 Å². The lowest BCUT2D eigenvalue weighted by atomic mass is 9.97. The Morgan fingerprint density at radius 1 is 0.957 bits per heavy atom. The fourth-order valence-corrected chi connectivity index (χ4v) is 2.84. The molecule has 2 aromatic rings. The number of sulfone groups is 1. The highest BCUT2D eigenvalue weighted by Crippen LogP contribution is 2.18. The van der Waals surface area contributed by atoms with Crippen molar-refractivity contribution in [1.82, 2.24) is 0 Å². The van der Waals surface area contributed by atoms with Crippen LogP contribution in [0.5, 0.6) is 0 Å². The summed E-state index contributed by atoms with van der Waals surface area (Å²) in [6, 6.07) is 10.7. The van der Waals surface area contributed by atoms with Crippen molar-refractivity contribution in [2.75, 3.05) is 6.26 Å². The smallest absolute Gasteiger partial charge is 0.248 e. The molecule has 0 aliphatic carbocycles. The van der Waals surface area contributed by atoms with Crippen LogP contribution in [0.4, 0.5) is 0 Å². The summed E-state index contributed by atoms with van der Waals surface area (Å²) >= 11 is 0. The quantitative estimate of drug-likeness (QED) is 0.844. The third-order valence-electron chi connectivity index (χ3n) is 3.40. The number of hydrogen-bond acceptors (Lipinski definition) is 4. The molecule has 2 rings (SSSR count). The maximum Gasteiger partial charge on any atom is 0.248 e. The van der Waals surface area contributed by atoms with E-state index in [0.717, 1.165) is 11.8 Å². The first kappa shape index (κ1) is 16.7. The average Bonchev–Trinajstić information content (AvgIpc) is 2.46. The second-order valence-electron chi connectivity index (χ2n) is 5.19. The third-order valence-corrected chi connectivity index (χ3v) is 4.53. The van der Waals surface area contributed by atoms with Gasteiger partial charge in [-0.05, 0) is 47.9 Å². The van der Waals surface area contributed by atoms with Crippen LogP contribution < -0.4 is 11.5 Å². The first-order valence-electron chi connectivity index (χ1n) is 6.70. The Labute approximate surface area is 134 Å². The van der Waals surface area contributed by atoms with Crippen molar-refractivity contribution in [2.24, 2.45) is 11.5 Å². The van der Waals surface area contributed by atoms with E-state index in [9.17, 15) is 18.0 Å². The largest absolute Gasteiger partial charge is 0.366 e. The predicted molar refractivity (Wildman–Crippen MR) is 85.8 cm³/mol. The monoisotopic (exact) mass is 332 g/mol. The molecule has 0 saturated carbocycles. The second-order valence-corrected chi connectivity index (χ2v) is 7.21. The van der Waals surface area contributed by atoms with Gasteiger partial charge in [-0.2, -0.15) is 0 Å². The van der Waals surface area contributed by atoms with Gasteiger partial charge in [0.25, 0.3) is 0 Å². The van der Waals surface area contributed by atoms with Gasteiger partial charge in [0.05, 0.1) is 4.90 Å². The normalized spacial score (nSPS) is 11.2. The van der Waals surface area contributed by atoms with Crippen LogP contribution in [0.2, 0.25) is 0 Å². The number of primary amides is 2. The maximum absolute atomic E-state index is 11.5. The number of carbonyl (C=O) groups excluding carboxylic acids is 2. The molecule has 0 saturated heterocycles. The SMILES string of the molecule is CS(=O)(=O)c1ccc(Cc2cc(C(N)=O)ccc2C(N)=O)cc1. The first-order chi connectivity index (χ1) is 10.7. The third kappa shape index (κ3) is 3.95. The van der Waals surface area contributed by atoms with Gasteiger partial charge in [0.15, 0.2) is 9.84 Å². The molecule has 4 N–H and O–H groups in total. The number of carbonyl (C=O) groups is 2. The van der Waals surface area contributed by atoms with Crippen LogP contribution in [0.25, 0.3) is 0 Å². The molecular weight excluding hydrogens is 316 g/mol. The molecule has 0 spiro atoms. The molecule has 120 valence electrons. The van der Waals surface area contributed by atoms with E-state index in [1.165, 1.54) is 30.3 Å². The molecule has 0 aromatic heterocycles. The molecule has 0 unspecified atom stereocenters. The summed E-state index contributed by atoms with van der Waals surface area (Å²) in [6.45, 7) is 0. The highest BCUT2D eigenvalue weighted by molar-refractivity contribution is 7.90. The zero-order valence-corrected chi connectivity index (χ0v) is 13.3. The van der Waals surface area contributed by atoms with E-state index in [1.54, 1.807) is 12.1 Å². The van der Waals surface area contributed by atoms with Crippen LogP contribution >= 0.6 is 0 Å². The number of amides is 2. The molecule has 0 aliphatic heterocycles. The predicted octanol–water partition coefficient (Wildman–Crippen LogP) is 0.879. The van der Waals surface area contributed by atoms with Gasteiger partial charge in [-0.1, -0.05) is 12.1 Å². The van der Waals surface area contributed by atoms with Crippen molar-refractivity contribution in [3.8, 4) is 0 Å². The van der Waals surface area contributed by atoms with E-state index in [1.807, 2.05) is 0 Å². The van der Waals surface area contributed by atoms with E-state index >= 15 is 0 Å². The maximum atomic E-state index is 11.5. The molecule has 0 heterocycles. The standard InChI is InChI=1S/C16H16N2O4S/c1-23(21,22)13-5-2-10(3-6-13)8-12-9-11(15(17)19)4-7-14(12)16(18)20/h2-7,9H,8H2,1H3,(H2,17,19)(H2,18,20). The summed E-state index contributed by atoms with van der Waals surface area (Å²) in [5.41, 5.74) is 12.5. The van der Waals surface area contributed by atoms with E-state index in [2.05, 4.69) is 0 Å². The van der Waals surface area contributed by atoms with Gasteiger partial charge >= 0.3 is 0 Å². The van der Waals surface area contributed by atoms with Crippen molar-refractivity contribution in [3.63, 3.8) is 0 Å².